The first-order valence-corrected chi connectivity index (χ1v) is 24.2. The van der Waals surface area contributed by atoms with Gasteiger partial charge >= 0.3 is 0 Å². The first-order chi connectivity index (χ1) is 33.0. The van der Waals surface area contributed by atoms with E-state index in [-0.39, 0.29) is 65.3 Å². The molecular weight excluding hydrogens is 923 g/mol. The molecule has 1 unspecified atom stereocenters. The number of ether oxygens (including phenoxy) is 2. The Hall–Kier alpha value is -5.98. The topological polar surface area (TPSA) is 158 Å². The van der Waals surface area contributed by atoms with Crippen molar-refractivity contribution in [1.29, 1.82) is 0 Å². The fourth-order valence-electron chi connectivity index (χ4n) is 11.4. The van der Waals surface area contributed by atoms with E-state index < -0.39 is 46.6 Å². The molecule has 69 heavy (non-hydrogen) atoms. The van der Waals surface area contributed by atoms with Crippen LogP contribution in [-0.4, -0.2) is 96.4 Å². The Kier molecular flexibility index (Phi) is 12.0. The monoisotopic (exact) mass is 974 g/mol. The molecule has 1 saturated carbocycles. The quantitative estimate of drug-likeness (QED) is 0.109. The van der Waals surface area contributed by atoms with Crippen molar-refractivity contribution in [2.24, 2.45) is 11.3 Å². The molecule has 4 aromatic carbocycles. The first-order valence-electron chi connectivity index (χ1n) is 23.4. The zero-order valence-electron chi connectivity index (χ0n) is 38.8. The second-order valence-corrected chi connectivity index (χ2v) is 21.1. The maximum atomic E-state index is 16.3. The smallest absolute Gasteiger partial charge is 0.255 e. The number of imide groups is 1. The Balaban J connectivity index is 0.840. The molecule has 0 aromatic heterocycles. The SMILES string of the molecule is COc1cc(C(=O)N2CCOC3(CC2)C[C@H]3C#Cc2cccc3c2CN([C@@H]2CCC(=O)NC2=O)C3=O)ccc1NC(=O)[C@@H]1N[C@@H](CC(C)(C)C)[C@@]2(CNc3cc(Cl)ccc32)[C@H]1c1cccc(Cl)c1F. The number of hydrogen-bond donors (Lipinski definition) is 4. The average Bonchev–Trinajstić information content (AvgIpc) is 3.63. The number of nitrogens with zero attached hydrogens (tertiary/aromatic N) is 2. The summed E-state index contributed by atoms with van der Waals surface area (Å²) in [6.07, 6.45) is 2.41. The minimum absolute atomic E-state index is 0.0321. The number of carbonyl (C=O) groups is 5. The third-order valence-corrected chi connectivity index (χ3v) is 15.4. The molecule has 3 saturated heterocycles. The zero-order valence-corrected chi connectivity index (χ0v) is 40.3. The molecule has 5 aliphatic heterocycles. The van der Waals surface area contributed by atoms with Gasteiger partial charge in [-0.15, -0.1) is 0 Å². The van der Waals surface area contributed by atoms with Crippen LogP contribution >= 0.6 is 23.2 Å². The van der Waals surface area contributed by atoms with Crippen molar-refractivity contribution < 1.29 is 37.8 Å². The van der Waals surface area contributed by atoms with Crippen LogP contribution in [0.5, 0.6) is 5.75 Å². The molecule has 16 heteroatoms. The molecule has 4 fully saturated rings. The van der Waals surface area contributed by atoms with Crippen LogP contribution in [0.1, 0.15) is 102 Å². The third kappa shape index (κ3) is 8.41. The van der Waals surface area contributed by atoms with Crippen LogP contribution in [0, 0.1) is 29.0 Å². The van der Waals surface area contributed by atoms with Gasteiger partial charge in [-0.05, 0) is 96.3 Å². The van der Waals surface area contributed by atoms with Gasteiger partial charge in [0, 0.05) is 77.4 Å². The lowest BCUT2D eigenvalue weighted by Gasteiger charge is -2.39. The molecule has 4 N–H and O–H groups in total. The highest BCUT2D eigenvalue weighted by atomic mass is 35.5. The van der Waals surface area contributed by atoms with E-state index in [4.69, 9.17) is 32.7 Å². The predicted octanol–water partition coefficient (Wildman–Crippen LogP) is 7.44. The number of anilines is 2. The fraction of sp³-hybridized carbons (Fsp3) is 0.415. The summed E-state index contributed by atoms with van der Waals surface area (Å²) in [6, 6.07) is 19.0. The second kappa shape index (κ2) is 17.8. The highest BCUT2D eigenvalue weighted by molar-refractivity contribution is 6.31. The van der Waals surface area contributed by atoms with E-state index in [0.717, 1.165) is 16.8 Å². The normalized spacial score (nSPS) is 27.0. The summed E-state index contributed by atoms with van der Waals surface area (Å²) in [7, 11) is 1.48. The van der Waals surface area contributed by atoms with Gasteiger partial charge in [0.1, 0.15) is 17.6 Å². The highest BCUT2D eigenvalue weighted by Gasteiger charge is 2.62. The number of hydrogen-bond acceptors (Lipinski definition) is 9. The van der Waals surface area contributed by atoms with Crippen LogP contribution in [0.4, 0.5) is 15.8 Å². The summed E-state index contributed by atoms with van der Waals surface area (Å²) in [6.45, 7) is 8.21. The second-order valence-electron chi connectivity index (χ2n) is 20.3. The zero-order chi connectivity index (χ0) is 48.6. The van der Waals surface area contributed by atoms with Gasteiger partial charge in [-0.25, -0.2) is 4.39 Å². The van der Waals surface area contributed by atoms with Crippen LogP contribution in [0.15, 0.2) is 72.8 Å². The van der Waals surface area contributed by atoms with E-state index >= 15 is 4.39 Å². The number of methoxy groups -OCH3 is 1. The van der Waals surface area contributed by atoms with Crippen molar-refractivity contribution in [1.82, 2.24) is 20.4 Å². The minimum atomic E-state index is -0.909. The van der Waals surface area contributed by atoms with Crippen LogP contribution in [0.2, 0.25) is 10.0 Å². The van der Waals surface area contributed by atoms with Crippen molar-refractivity contribution in [3.8, 4) is 17.6 Å². The van der Waals surface area contributed by atoms with E-state index in [9.17, 15) is 24.0 Å². The fourth-order valence-corrected chi connectivity index (χ4v) is 11.8. The lowest BCUT2D eigenvalue weighted by atomic mass is 9.63. The molecule has 0 radical (unpaired) electrons. The molecule has 6 aliphatic rings. The summed E-state index contributed by atoms with van der Waals surface area (Å²) in [5.41, 5.74) is 3.38. The summed E-state index contributed by atoms with van der Waals surface area (Å²) in [5.74, 6) is 3.96. The molecule has 10 rings (SSSR count). The summed E-state index contributed by atoms with van der Waals surface area (Å²) >= 11 is 12.9. The van der Waals surface area contributed by atoms with Gasteiger partial charge in [-0.1, -0.05) is 80.1 Å². The van der Waals surface area contributed by atoms with Crippen molar-refractivity contribution >= 4 is 64.1 Å². The number of fused-ring (bicyclic) bond motifs is 3. The lowest BCUT2D eigenvalue weighted by Crippen LogP contribution is -2.52. The molecule has 5 heterocycles. The molecule has 0 bridgehead atoms. The molecule has 4 aromatic rings. The summed E-state index contributed by atoms with van der Waals surface area (Å²) in [5, 5.41) is 13.2. The molecule has 1 aliphatic carbocycles. The van der Waals surface area contributed by atoms with E-state index in [1.807, 2.05) is 24.3 Å². The third-order valence-electron chi connectivity index (χ3n) is 14.9. The molecule has 13 nitrogen and oxygen atoms in total. The van der Waals surface area contributed by atoms with Crippen LogP contribution in [0.25, 0.3) is 0 Å². The maximum absolute atomic E-state index is 16.3. The Bertz CT molecular complexity index is 2900. The number of benzene rings is 4. The van der Waals surface area contributed by atoms with Gasteiger partial charge in [-0.2, -0.15) is 0 Å². The van der Waals surface area contributed by atoms with Gasteiger partial charge in [0.05, 0.1) is 42.0 Å². The number of piperidine rings is 1. The summed E-state index contributed by atoms with van der Waals surface area (Å²) in [4.78, 5) is 69.9. The number of amides is 5. The molecule has 358 valence electrons. The van der Waals surface area contributed by atoms with Gasteiger partial charge < -0.3 is 35.2 Å². The average molecular weight is 976 g/mol. The van der Waals surface area contributed by atoms with Gasteiger partial charge in [0.15, 0.2) is 0 Å². The van der Waals surface area contributed by atoms with Crippen LogP contribution in [0.3, 0.4) is 0 Å². The van der Waals surface area contributed by atoms with Gasteiger partial charge in [0.2, 0.25) is 17.7 Å². The van der Waals surface area contributed by atoms with Crippen molar-refractivity contribution in [3.05, 3.63) is 122 Å². The van der Waals surface area contributed by atoms with Gasteiger partial charge in [-0.3, -0.25) is 29.3 Å². The van der Waals surface area contributed by atoms with E-state index in [1.165, 1.54) is 18.1 Å². The number of halogens is 3. The Morgan fingerprint density at radius 2 is 1.84 bits per heavy atom. The first kappa shape index (κ1) is 46.7. The molecule has 5 amide bonds. The predicted molar refractivity (Wildman–Crippen MR) is 259 cm³/mol. The van der Waals surface area contributed by atoms with E-state index in [2.05, 4.69) is 53.9 Å². The Labute approximate surface area is 410 Å². The minimum Gasteiger partial charge on any atom is -0.495 e. The van der Waals surface area contributed by atoms with Crippen molar-refractivity contribution in [2.45, 2.75) is 94.5 Å². The largest absolute Gasteiger partial charge is 0.495 e. The van der Waals surface area contributed by atoms with Crippen LogP contribution < -0.4 is 26.0 Å². The van der Waals surface area contributed by atoms with E-state index in [0.29, 0.717) is 78.5 Å². The molecule has 2 spiro atoms. The Morgan fingerprint density at radius 1 is 1.03 bits per heavy atom. The van der Waals surface area contributed by atoms with Crippen LogP contribution in [-0.2, 0) is 31.1 Å². The van der Waals surface area contributed by atoms with E-state index in [1.54, 1.807) is 47.4 Å². The van der Waals surface area contributed by atoms with Crippen molar-refractivity contribution in [3.63, 3.8) is 0 Å². The number of rotatable bonds is 7. The lowest BCUT2D eigenvalue weighted by molar-refractivity contribution is -0.137. The van der Waals surface area contributed by atoms with Crippen molar-refractivity contribution in [2.75, 3.05) is 44.0 Å². The molecular formula is C53H53Cl2FN6O7. The highest BCUT2D eigenvalue weighted by Crippen LogP contribution is 2.57. The van der Waals surface area contributed by atoms with Gasteiger partial charge in [0.25, 0.3) is 11.8 Å². The number of nitrogens with one attached hydrogen (secondary N) is 4. The maximum Gasteiger partial charge on any atom is 0.255 e. The standard InChI is InChI=1S/C53H53Cl2FN6O7/c1-51(2,3)26-42-53(28-57-39-24-32(54)14-15-36(39)53)44(34-9-6-10-37(55)45(34)56)46(59-42)48(65)58-38-16-12-30(23-41(38)68-4)49(66)61-20-19-52(69-22-21-61)25-31(52)13-11-29-7-5-8-33-35(29)27-62(50(33)67)40-17-18-43(63)60-47(40)64/h5-10,12,14-16,23-24,31,40,42,44,46,57,59H,17-22,25-28H2,1-4H3,(H,58,65)(H,60,63,64)/t31-,40-,42+,44+,46-,52?,53+/m1/s1. The number of carbonyl (C=O) groups excluding carboxylic acids is 5. The Morgan fingerprint density at radius 3 is 2.62 bits per heavy atom. The summed E-state index contributed by atoms with van der Waals surface area (Å²) < 4.78 is 28.5. The molecule has 7 atom stereocenters.